The Morgan fingerprint density at radius 3 is 2.84 bits per heavy atom. The normalized spacial score (nSPS) is 17.2. The molecule has 2 aromatic rings. The maximum absolute atomic E-state index is 12.2. The third-order valence-corrected chi connectivity index (χ3v) is 5.52. The number of aliphatic imine (C=N–C) groups is 1. The van der Waals surface area contributed by atoms with Crippen LogP contribution in [0.4, 0.5) is 5.69 Å². The number of amides is 1. The van der Waals surface area contributed by atoms with Crippen LogP contribution in [0, 0.1) is 6.92 Å². The second-order valence-corrected chi connectivity index (χ2v) is 7.55. The summed E-state index contributed by atoms with van der Waals surface area (Å²) in [5.74, 6) is 0.569. The molecule has 0 atom stereocenters. The molecule has 0 spiro atoms. The van der Waals surface area contributed by atoms with Gasteiger partial charge < -0.3 is 10.1 Å². The van der Waals surface area contributed by atoms with Crippen molar-refractivity contribution in [2.45, 2.75) is 6.92 Å². The largest absolute Gasteiger partial charge is 0.496 e. The van der Waals surface area contributed by atoms with Crippen molar-refractivity contribution >= 4 is 62.1 Å². The predicted octanol–water partition coefficient (Wildman–Crippen LogP) is 5.31. The van der Waals surface area contributed by atoms with Crippen molar-refractivity contribution in [3.8, 4) is 5.75 Å². The molecule has 0 bridgehead atoms. The summed E-state index contributed by atoms with van der Waals surface area (Å²) in [5, 5.41) is 3.97. The number of rotatable bonds is 3. The molecule has 1 N–H and O–H groups in total. The molecule has 1 saturated heterocycles. The maximum atomic E-state index is 12.2. The molecular weight excluding hydrogens is 424 g/mol. The van der Waals surface area contributed by atoms with Gasteiger partial charge in [-0.2, -0.15) is 0 Å². The fourth-order valence-corrected chi connectivity index (χ4v) is 3.79. The van der Waals surface area contributed by atoms with Crippen molar-refractivity contribution in [3.05, 3.63) is 61.9 Å². The van der Waals surface area contributed by atoms with E-state index in [2.05, 4.69) is 26.2 Å². The average Bonchev–Trinajstić information content (AvgIpc) is 2.91. The van der Waals surface area contributed by atoms with Gasteiger partial charge in [0.05, 0.1) is 22.2 Å². The minimum Gasteiger partial charge on any atom is -0.496 e. The minimum atomic E-state index is -0.171. The molecule has 4 nitrogen and oxygen atoms in total. The summed E-state index contributed by atoms with van der Waals surface area (Å²) in [7, 11) is 1.61. The monoisotopic (exact) mass is 436 g/mol. The minimum absolute atomic E-state index is 0.171. The van der Waals surface area contributed by atoms with E-state index in [0.29, 0.717) is 15.1 Å². The second-order valence-electron chi connectivity index (χ2n) is 5.26. The summed E-state index contributed by atoms with van der Waals surface area (Å²) in [6, 6.07) is 11.1. The first-order valence-corrected chi connectivity index (χ1v) is 9.35. The lowest BCUT2D eigenvalue weighted by molar-refractivity contribution is -0.115. The number of carbonyl (C=O) groups excluding carboxylic acids is 1. The summed E-state index contributed by atoms with van der Waals surface area (Å²) in [4.78, 5) is 17.3. The molecule has 1 amide bonds. The molecule has 1 heterocycles. The highest BCUT2D eigenvalue weighted by Crippen LogP contribution is 2.32. The lowest BCUT2D eigenvalue weighted by atomic mass is 10.2. The van der Waals surface area contributed by atoms with Gasteiger partial charge in [0.2, 0.25) is 0 Å². The molecule has 2 aromatic carbocycles. The number of carbonyl (C=O) groups is 1. The first-order chi connectivity index (χ1) is 12.0. The molecule has 7 heteroatoms. The van der Waals surface area contributed by atoms with Gasteiger partial charge in [-0.25, -0.2) is 4.99 Å². The van der Waals surface area contributed by atoms with Crippen LogP contribution in [0.25, 0.3) is 6.08 Å². The Morgan fingerprint density at radius 1 is 1.32 bits per heavy atom. The van der Waals surface area contributed by atoms with Gasteiger partial charge in [-0.05, 0) is 76.1 Å². The number of amidine groups is 1. The third-order valence-electron chi connectivity index (χ3n) is 3.59. The van der Waals surface area contributed by atoms with Crippen LogP contribution in [0.1, 0.15) is 11.1 Å². The molecule has 1 aliphatic heterocycles. The maximum Gasteiger partial charge on any atom is 0.264 e. The van der Waals surface area contributed by atoms with E-state index in [1.54, 1.807) is 7.11 Å². The molecule has 0 saturated carbocycles. The smallest absolute Gasteiger partial charge is 0.264 e. The topological polar surface area (TPSA) is 50.7 Å². The van der Waals surface area contributed by atoms with E-state index in [1.807, 2.05) is 49.4 Å². The lowest BCUT2D eigenvalue weighted by Crippen LogP contribution is -2.19. The van der Waals surface area contributed by atoms with Crippen molar-refractivity contribution in [1.82, 2.24) is 5.32 Å². The first-order valence-electron chi connectivity index (χ1n) is 7.36. The van der Waals surface area contributed by atoms with Gasteiger partial charge in [-0.1, -0.05) is 23.7 Å². The zero-order valence-corrected chi connectivity index (χ0v) is 16.6. The Morgan fingerprint density at radius 2 is 2.12 bits per heavy atom. The van der Waals surface area contributed by atoms with E-state index in [0.717, 1.165) is 27.0 Å². The number of nitrogens with zero attached hydrogens (tertiary/aromatic N) is 1. The zero-order chi connectivity index (χ0) is 18.0. The standard InChI is InChI=1S/C18H14BrClN2O2S/c1-10-13(20)4-3-5-14(10)21-18-22-17(23)16(25-18)9-11-6-7-15(24-2)12(19)8-11/h3-9H,1-2H3,(H,21,22,23)/b16-9-. The summed E-state index contributed by atoms with van der Waals surface area (Å²) >= 11 is 10.9. The van der Waals surface area contributed by atoms with Crippen LogP contribution in [0.15, 0.2) is 50.8 Å². The van der Waals surface area contributed by atoms with Crippen molar-refractivity contribution in [3.63, 3.8) is 0 Å². The number of ether oxygens (including phenoxy) is 1. The van der Waals surface area contributed by atoms with Crippen LogP contribution in [0.3, 0.4) is 0 Å². The van der Waals surface area contributed by atoms with E-state index in [4.69, 9.17) is 16.3 Å². The summed E-state index contributed by atoms with van der Waals surface area (Å²) in [6.07, 6.45) is 1.82. The van der Waals surface area contributed by atoms with Gasteiger partial charge in [0.1, 0.15) is 5.75 Å². The second kappa shape index (κ2) is 7.64. The van der Waals surface area contributed by atoms with E-state index in [9.17, 15) is 4.79 Å². The van der Waals surface area contributed by atoms with Crippen molar-refractivity contribution in [2.75, 3.05) is 7.11 Å². The number of hydrogen-bond acceptors (Lipinski definition) is 4. The van der Waals surface area contributed by atoms with Crippen LogP contribution in [0.5, 0.6) is 5.75 Å². The predicted molar refractivity (Wildman–Crippen MR) is 108 cm³/mol. The van der Waals surface area contributed by atoms with Gasteiger partial charge in [0, 0.05) is 5.02 Å². The van der Waals surface area contributed by atoms with Crippen molar-refractivity contribution in [2.24, 2.45) is 4.99 Å². The van der Waals surface area contributed by atoms with Crippen LogP contribution >= 0.6 is 39.3 Å². The van der Waals surface area contributed by atoms with Gasteiger partial charge in [-0.3, -0.25) is 4.79 Å². The van der Waals surface area contributed by atoms with Crippen LogP contribution in [0.2, 0.25) is 5.02 Å². The molecular formula is C18H14BrClN2O2S. The quantitative estimate of drug-likeness (QED) is 0.662. The van der Waals surface area contributed by atoms with Crippen molar-refractivity contribution in [1.29, 1.82) is 0 Å². The van der Waals surface area contributed by atoms with Gasteiger partial charge in [-0.15, -0.1) is 0 Å². The van der Waals surface area contributed by atoms with Gasteiger partial charge >= 0.3 is 0 Å². The SMILES string of the molecule is COc1ccc(/C=C2\SC(=Nc3cccc(Cl)c3C)NC2=O)cc1Br. The average molecular weight is 438 g/mol. The summed E-state index contributed by atoms with van der Waals surface area (Å²) in [5.41, 5.74) is 2.51. The number of benzene rings is 2. The number of hydrogen-bond donors (Lipinski definition) is 1. The highest BCUT2D eigenvalue weighted by atomic mass is 79.9. The highest BCUT2D eigenvalue weighted by Gasteiger charge is 2.24. The van der Waals surface area contributed by atoms with E-state index in [1.165, 1.54) is 11.8 Å². The Bertz CT molecular complexity index is 912. The van der Waals surface area contributed by atoms with Crippen LogP contribution < -0.4 is 10.1 Å². The Hall–Kier alpha value is -1.76. The summed E-state index contributed by atoms with van der Waals surface area (Å²) < 4.78 is 6.04. The number of methoxy groups -OCH3 is 1. The first kappa shape index (κ1) is 18.0. The molecule has 0 radical (unpaired) electrons. The molecule has 0 aromatic heterocycles. The van der Waals surface area contributed by atoms with Gasteiger partial charge in [0.25, 0.3) is 5.91 Å². The molecule has 1 fully saturated rings. The number of halogens is 2. The lowest BCUT2D eigenvalue weighted by Gasteiger charge is -2.03. The van der Waals surface area contributed by atoms with Crippen LogP contribution in [-0.4, -0.2) is 18.2 Å². The Balaban J connectivity index is 1.86. The molecule has 3 rings (SSSR count). The Labute approximate surface area is 163 Å². The summed E-state index contributed by atoms with van der Waals surface area (Å²) in [6.45, 7) is 1.90. The zero-order valence-electron chi connectivity index (χ0n) is 13.5. The molecule has 1 aliphatic rings. The molecule has 0 unspecified atom stereocenters. The Kier molecular flexibility index (Phi) is 5.51. The molecule has 25 heavy (non-hydrogen) atoms. The van der Waals surface area contributed by atoms with E-state index >= 15 is 0 Å². The van der Waals surface area contributed by atoms with E-state index in [-0.39, 0.29) is 5.91 Å². The van der Waals surface area contributed by atoms with Gasteiger partial charge in [0.15, 0.2) is 5.17 Å². The third kappa shape index (κ3) is 4.08. The fourth-order valence-electron chi connectivity index (χ4n) is 2.23. The van der Waals surface area contributed by atoms with E-state index < -0.39 is 0 Å². The number of nitrogens with one attached hydrogen (secondary N) is 1. The van der Waals surface area contributed by atoms with Crippen LogP contribution in [-0.2, 0) is 4.79 Å². The molecule has 128 valence electrons. The van der Waals surface area contributed by atoms with Crippen molar-refractivity contribution < 1.29 is 9.53 Å². The fraction of sp³-hybridized carbons (Fsp3) is 0.111. The highest BCUT2D eigenvalue weighted by molar-refractivity contribution is 9.10. The molecule has 0 aliphatic carbocycles. The number of thioether (sulfide) groups is 1.